The molecule has 0 saturated carbocycles. The molecule has 45 heavy (non-hydrogen) atoms. The van der Waals surface area contributed by atoms with E-state index in [9.17, 15) is 29.1 Å². The molecule has 0 unspecified atom stereocenters. The normalized spacial score (nSPS) is 12.9. The fourth-order valence-electron chi connectivity index (χ4n) is 4.07. The van der Waals surface area contributed by atoms with Crippen LogP contribution in [0.25, 0.3) is 0 Å². The molecule has 0 fully saturated rings. The molecule has 2 atom stereocenters. The zero-order chi connectivity index (χ0) is 34.0. The number of benzene rings is 1. The van der Waals surface area contributed by atoms with Crippen LogP contribution < -0.4 is 21.7 Å². The van der Waals surface area contributed by atoms with Gasteiger partial charge in [-0.2, -0.15) is 0 Å². The van der Waals surface area contributed by atoms with Gasteiger partial charge in [-0.05, 0) is 78.5 Å². The SMILES string of the molecule is CC(C)(C)OC(=O)C[C@H](CC(=O)[C@H](CCCCNC(=O)OC(C)(C)C)NC(=O)CCOCCN)C(=O)Nc1ccc(CO)cc1. The Kier molecular flexibility index (Phi) is 17.3. The highest BCUT2D eigenvalue weighted by molar-refractivity contribution is 5.99. The van der Waals surface area contributed by atoms with Crippen molar-refractivity contribution in [2.24, 2.45) is 11.7 Å². The van der Waals surface area contributed by atoms with Crippen molar-refractivity contribution in [3.8, 4) is 0 Å². The fraction of sp³-hybridized carbons (Fsp3) is 0.656. The van der Waals surface area contributed by atoms with Crippen molar-refractivity contribution in [1.82, 2.24) is 10.6 Å². The summed E-state index contributed by atoms with van der Waals surface area (Å²) in [6.07, 6.45) is -0.00597. The van der Waals surface area contributed by atoms with Crippen LogP contribution in [-0.2, 0) is 40.0 Å². The first-order valence-electron chi connectivity index (χ1n) is 15.3. The number of carbonyl (C=O) groups excluding carboxylic acids is 5. The predicted octanol–water partition coefficient (Wildman–Crippen LogP) is 2.97. The smallest absolute Gasteiger partial charge is 0.407 e. The Morgan fingerprint density at radius 1 is 0.889 bits per heavy atom. The number of carbonyl (C=O) groups is 5. The van der Waals surface area contributed by atoms with Crippen molar-refractivity contribution in [2.45, 2.75) is 104 Å². The number of alkyl carbamates (subject to hydrolysis) is 1. The van der Waals surface area contributed by atoms with Gasteiger partial charge >= 0.3 is 12.1 Å². The van der Waals surface area contributed by atoms with Crippen molar-refractivity contribution in [3.63, 3.8) is 0 Å². The van der Waals surface area contributed by atoms with E-state index in [4.69, 9.17) is 19.9 Å². The molecule has 0 aliphatic heterocycles. The number of esters is 1. The molecule has 0 bridgehead atoms. The number of aliphatic hydroxyl groups is 1. The van der Waals surface area contributed by atoms with Crippen LogP contribution in [-0.4, -0.2) is 78.3 Å². The molecule has 1 aromatic carbocycles. The molecule has 0 heterocycles. The lowest BCUT2D eigenvalue weighted by molar-refractivity contribution is -0.157. The van der Waals surface area contributed by atoms with Crippen molar-refractivity contribution >= 4 is 35.3 Å². The molecule has 0 radical (unpaired) electrons. The number of amides is 3. The molecule has 254 valence electrons. The Morgan fingerprint density at radius 2 is 1.53 bits per heavy atom. The molecular weight excluding hydrogens is 584 g/mol. The van der Waals surface area contributed by atoms with Gasteiger partial charge in [-0.3, -0.25) is 19.2 Å². The average molecular weight is 637 g/mol. The van der Waals surface area contributed by atoms with E-state index in [1.54, 1.807) is 65.8 Å². The summed E-state index contributed by atoms with van der Waals surface area (Å²) in [6.45, 7) is 11.3. The number of hydrogen-bond acceptors (Lipinski definition) is 10. The molecule has 0 saturated heterocycles. The predicted molar refractivity (Wildman–Crippen MR) is 169 cm³/mol. The lowest BCUT2D eigenvalue weighted by atomic mass is 9.92. The van der Waals surface area contributed by atoms with E-state index >= 15 is 0 Å². The van der Waals surface area contributed by atoms with E-state index in [0.717, 1.165) is 0 Å². The van der Waals surface area contributed by atoms with E-state index in [-0.39, 0.29) is 38.9 Å². The Balaban J connectivity index is 3.01. The number of unbranched alkanes of at least 4 members (excludes halogenated alkanes) is 1. The largest absolute Gasteiger partial charge is 0.460 e. The Morgan fingerprint density at radius 3 is 2.11 bits per heavy atom. The van der Waals surface area contributed by atoms with Crippen LogP contribution in [0, 0.1) is 5.92 Å². The van der Waals surface area contributed by atoms with Gasteiger partial charge in [-0.1, -0.05) is 12.1 Å². The van der Waals surface area contributed by atoms with Gasteiger partial charge in [-0.15, -0.1) is 0 Å². The van der Waals surface area contributed by atoms with Gasteiger partial charge in [-0.25, -0.2) is 4.79 Å². The van der Waals surface area contributed by atoms with E-state index < -0.39 is 52.8 Å². The van der Waals surface area contributed by atoms with Crippen LogP contribution in [0.15, 0.2) is 24.3 Å². The third-order valence-corrected chi connectivity index (χ3v) is 6.10. The topological polar surface area (TPSA) is 195 Å². The maximum absolute atomic E-state index is 13.6. The summed E-state index contributed by atoms with van der Waals surface area (Å²) in [5, 5.41) is 17.4. The zero-order valence-electron chi connectivity index (χ0n) is 27.5. The first-order valence-corrected chi connectivity index (χ1v) is 15.3. The number of Topliss-reactive ketones (excluding diaryl/α,β-unsaturated/α-hetero) is 1. The second-order valence-electron chi connectivity index (χ2n) is 12.7. The number of ether oxygens (including phenoxy) is 3. The summed E-state index contributed by atoms with van der Waals surface area (Å²) < 4.78 is 15.9. The molecule has 0 aromatic heterocycles. The summed E-state index contributed by atoms with van der Waals surface area (Å²) >= 11 is 0. The minimum Gasteiger partial charge on any atom is -0.460 e. The maximum Gasteiger partial charge on any atom is 0.407 e. The van der Waals surface area contributed by atoms with Gasteiger partial charge in [0, 0.05) is 31.6 Å². The zero-order valence-corrected chi connectivity index (χ0v) is 27.5. The van der Waals surface area contributed by atoms with Crippen molar-refractivity contribution < 1.29 is 43.3 Å². The highest BCUT2D eigenvalue weighted by atomic mass is 16.6. The number of anilines is 1. The maximum atomic E-state index is 13.6. The van der Waals surface area contributed by atoms with Crippen molar-refractivity contribution in [2.75, 3.05) is 31.6 Å². The van der Waals surface area contributed by atoms with Gasteiger partial charge in [0.2, 0.25) is 11.8 Å². The monoisotopic (exact) mass is 636 g/mol. The van der Waals surface area contributed by atoms with Gasteiger partial charge < -0.3 is 41.0 Å². The molecule has 1 rings (SSSR count). The van der Waals surface area contributed by atoms with E-state index in [1.165, 1.54) is 0 Å². The van der Waals surface area contributed by atoms with Gasteiger partial charge in [0.25, 0.3) is 0 Å². The summed E-state index contributed by atoms with van der Waals surface area (Å²) in [6, 6.07) is 5.56. The number of rotatable bonds is 19. The minimum atomic E-state index is -1.08. The second-order valence-corrected chi connectivity index (χ2v) is 12.7. The van der Waals surface area contributed by atoms with Gasteiger partial charge in [0.05, 0.1) is 38.2 Å². The van der Waals surface area contributed by atoms with E-state index in [0.29, 0.717) is 43.8 Å². The Hall–Kier alpha value is -3.55. The van der Waals surface area contributed by atoms with Crippen LogP contribution in [0.1, 0.15) is 85.6 Å². The number of nitrogens with one attached hydrogen (secondary N) is 3. The van der Waals surface area contributed by atoms with Crippen LogP contribution in [0.2, 0.25) is 0 Å². The third kappa shape index (κ3) is 18.8. The van der Waals surface area contributed by atoms with Crippen LogP contribution in [0.4, 0.5) is 10.5 Å². The van der Waals surface area contributed by atoms with Gasteiger partial charge in [0.15, 0.2) is 5.78 Å². The molecular formula is C32H52N4O9. The third-order valence-electron chi connectivity index (χ3n) is 6.10. The Bertz CT molecular complexity index is 1100. The number of hydrogen-bond donors (Lipinski definition) is 5. The van der Waals surface area contributed by atoms with E-state index in [1.807, 2.05) is 0 Å². The summed E-state index contributed by atoms with van der Waals surface area (Å²) in [5.41, 5.74) is 5.07. The molecule has 0 aliphatic carbocycles. The average Bonchev–Trinajstić information content (AvgIpc) is 2.92. The lowest BCUT2D eigenvalue weighted by Crippen LogP contribution is -2.43. The number of nitrogens with two attached hydrogens (primary N) is 1. The highest BCUT2D eigenvalue weighted by Gasteiger charge is 2.31. The molecule has 6 N–H and O–H groups in total. The molecule has 13 nitrogen and oxygen atoms in total. The fourth-order valence-corrected chi connectivity index (χ4v) is 4.07. The first-order chi connectivity index (χ1) is 21.0. The van der Waals surface area contributed by atoms with E-state index in [2.05, 4.69) is 16.0 Å². The summed E-state index contributed by atoms with van der Waals surface area (Å²) in [4.78, 5) is 64.2. The summed E-state index contributed by atoms with van der Waals surface area (Å²) in [7, 11) is 0. The standard InChI is InChI=1S/C32H52N4O9/c1-31(2,3)44-28(40)20-23(29(41)35-24-12-10-22(21-37)11-13-24)19-26(38)25(36-27(39)14-17-43-18-15-33)9-7-8-16-34-30(42)45-32(4,5)6/h10-13,23,25,37H,7-9,14-21,33H2,1-6H3,(H,34,42)(H,35,41)(H,36,39)/t23-,25-/m0/s1. The minimum absolute atomic E-state index is 0.00956. The summed E-state index contributed by atoms with van der Waals surface area (Å²) in [5.74, 6) is -3.12. The number of ketones is 1. The van der Waals surface area contributed by atoms with Crippen LogP contribution in [0.5, 0.6) is 0 Å². The highest BCUT2D eigenvalue weighted by Crippen LogP contribution is 2.20. The molecule has 3 amide bonds. The quantitative estimate of drug-likeness (QED) is 0.111. The lowest BCUT2D eigenvalue weighted by Gasteiger charge is -2.24. The number of aliphatic hydroxyl groups excluding tert-OH is 1. The molecule has 1 aromatic rings. The van der Waals surface area contributed by atoms with Crippen LogP contribution >= 0.6 is 0 Å². The van der Waals surface area contributed by atoms with Crippen molar-refractivity contribution in [3.05, 3.63) is 29.8 Å². The van der Waals surface area contributed by atoms with Crippen LogP contribution in [0.3, 0.4) is 0 Å². The van der Waals surface area contributed by atoms with Crippen molar-refractivity contribution in [1.29, 1.82) is 0 Å². The molecule has 13 heteroatoms. The first kappa shape index (κ1) is 39.5. The Labute approximate surface area is 266 Å². The van der Waals surface area contributed by atoms with Gasteiger partial charge in [0.1, 0.15) is 11.2 Å². The second kappa shape index (κ2) is 19.8. The molecule has 0 aliphatic rings. The molecule has 0 spiro atoms.